The van der Waals surface area contributed by atoms with E-state index in [9.17, 15) is 14.7 Å². The number of aliphatic carboxylic acids is 1. The molecule has 1 aromatic carbocycles. The molecule has 1 amide bonds. The third-order valence-corrected chi connectivity index (χ3v) is 3.05. The van der Waals surface area contributed by atoms with E-state index in [-0.39, 0.29) is 12.3 Å². The topological polar surface area (TPSA) is 111 Å². The number of aromatic nitrogens is 1. The van der Waals surface area contributed by atoms with Gasteiger partial charge in [0.2, 0.25) is 0 Å². The second-order valence-corrected chi connectivity index (χ2v) is 4.63. The number of carboxylic acids is 1. The molecule has 2 aromatic rings. The zero-order valence-electron chi connectivity index (χ0n) is 12.6. The molecule has 0 aliphatic carbocycles. The molecule has 0 aliphatic rings. The van der Waals surface area contributed by atoms with E-state index >= 15 is 0 Å². The summed E-state index contributed by atoms with van der Waals surface area (Å²) in [5.41, 5.74) is 0.393. The predicted octanol–water partition coefficient (Wildman–Crippen LogP) is 1.39. The number of carbonyl (C=O) groups is 2. The van der Waals surface area contributed by atoms with Crippen LogP contribution in [0.2, 0.25) is 0 Å². The van der Waals surface area contributed by atoms with Gasteiger partial charge < -0.3 is 24.4 Å². The highest BCUT2D eigenvalue weighted by Crippen LogP contribution is 2.18. The fourth-order valence-corrected chi connectivity index (χ4v) is 1.92. The highest BCUT2D eigenvalue weighted by atomic mass is 16.5. The molecular formula is C15H16N2O6. The number of amides is 1. The van der Waals surface area contributed by atoms with E-state index < -0.39 is 17.9 Å². The van der Waals surface area contributed by atoms with Crippen molar-refractivity contribution in [2.24, 2.45) is 0 Å². The zero-order chi connectivity index (χ0) is 16.8. The van der Waals surface area contributed by atoms with E-state index in [2.05, 4.69) is 10.5 Å². The largest absolute Gasteiger partial charge is 0.497 e. The number of carboxylic acid groups (broad SMARTS) is 1. The fourth-order valence-electron chi connectivity index (χ4n) is 1.92. The Labute approximate surface area is 132 Å². The van der Waals surface area contributed by atoms with Crippen LogP contribution in [0.5, 0.6) is 5.75 Å². The van der Waals surface area contributed by atoms with E-state index in [1.54, 1.807) is 24.3 Å². The molecule has 0 bridgehead atoms. The highest BCUT2D eigenvalue weighted by molar-refractivity contribution is 5.95. The minimum Gasteiger partial charge on any atom is -0.497 e. The van der Waals surface area contributed by atoms with Crippen molar-refractivity contribution in [1.29, 1.82) is 0 Å². The van der Waals surface area contributed by atoms with Crippen molar-refractivity contribution >= 4 is 11.9 Å². The quantitative estimate of drug-likeness (QED) is 0.793. The van der Waals surface area contributed by atoms with Gasteiger partial charge >= 0.3 is 5.97 Å². The van der Waals surface area contributed by atoms with Crippen molar-refractivity contribution in [2.75, 3.05) is 14.2 Å². The first kappa shape index (κ1) is 16.5. The SMILES string of the molecule is COCc1cc(C(=O)NC(C(=O)O)c2ccc(OC)cc2)no1. The highest BCUT2D eigenvalue weighted by Gasteiger charge is 2.24. The first-order valence-electron chi connectivity index (χ1n) is 6.67. The van der Waals surface area contributed by atoms with Crippen LogP contribution in [0, 0.1) is 0 Å². The summed E-state index contributed by atoms with van der Waals surface area (Å²) in [6, 6.07) is 6.55. The molecule has 1 heterocycles. The Morgan fingerprint density at radius 1 is 1.30 bits per heavy atom. The Kier molecular flexibility index (Phi) is 5.32. The first-order chi connectivity index (χ1) is 11.0. The van der Waals surface area contributed by atoms with Crippen molar-refractivity contribution in [2.45, 2.75) is 12.6 Å². The van der Waals surface area contributed by atoms with Gasteiger partial charge in [-0.1, -0.05) is 17.3 Å². The van der Waals surface area contributed by atoms with Gasteiger partial charge in [0.15, 0.2) is 17.5 Å². The first-order valence-corrected chi connectivity index (χ1v) is 6.67. The standard InChI is InChI=1S/C15H16N2O6/c1-21-8-11-7-12(17-23-11)14(18)16-13(15(19)20)9-3-5-10(22-2)6-4-9/h3-7,13H,8H2,1-2H3,(H,16,18)(H,19,20). The molecule has 2 N–H and O–H groups in total. The van der Waals surface area contributed by atoms with Crippen LogP contribution in [-0.4, -0.2) is 36.4 Å². The normalized spacial score (nSPS) is 11.7. The maximum Gasteiger partial charge on any atom is 0.330 e. The van der Waals surface area contributed by atoms with Gasteiger partial charge in [0.05, 0.1) is 7.11 Å². The second-order valence-electron chi connectivity index (χ2n) is 4.63. The Bertz CT molecular complexity index is 680. The molecule has 0 saturated heterocycles. The third kappa shape index (κ3) is 4.07. The number of carbonyl (C=O) groups excluding carboxylic acids is 1. The molecule has 8 nitrogen and oxygen atoms in total. The molecule has 0 spiro atoms. The summed E-state index contributed by atoms with van der Waals surface area (Å²) in [7, 11) is 2.99. The molecule has 122 valence electrons. The Balaban J connectivity index is 2.14. The second kappa shape index (κ2) is 7.41. The number of nitrogens with one attached hydrogen (secondary N) is 1. The van der Waals surface area contributed by atoms with Crippen molar-refractivity contribution in [3.8, 4) is 5.75 Å². The lowest BCUT2D eigenvalue weighted by atomic mass is 10.1. The van der Waals surface area contributed by atoms with Crippen molar-refractivity contribution in [3.05, 3.63) is 47.3 Å². The van der Waals surface area contributed by atoms with E-state index in [0.29, 0.717) is 17.1 Å². The summed E-state index contributed by atoms with van der Waals surface area (Å²) in [5.74, 6) is -0.887. The lowest BCUT2D eigenvalue weighted by Crippen LogP contribution is -2.33. The summed E-state index contributed by atoms with van der Waals surface area (Å²) in [5, 5.41) is 15.3. The lowest BCUT2D eigenvalue weighted by molar-refractivity contribution is -0.139. The number of benzene rings is 1. The molecule has 1 unspecified atom stereocenters. The van der Waals surface area contributed by atoms with Gasteiger partial charge in [-0.05, 0) is 17.7 Å². The minimum atomic E-state index is -1.21. The van der Waals surface area contributed by atoms with E-state index in [1.165, 1.54) is 20.3 Å². The monoisotopic (exact) mass is 320 g/mol. The lowest BCUT2D eigenvalue weighted by Gasteiger charge is -2.14. The van der Waals surface area contributed by atoms with Gasteiger partial charge in [-0.2, -0.15) is 0 Å². The Morgan fingerprint density at radius 2 is 2.00 bits per heavy atom. The van der Waals surface area contributed by atoms with Crippen molar-refractivity contribution < 1.29 is 28.7 Å². The number of nitrogens with zero attached hydrogens (tertiary/aromatic N) is 1. The summed E-state index contributed by atoms with van der Waals surface area (Å²) in [6.07, 6.45) is 0. The van der Waals surface area contributed by atoms with Crippen LogP contribution < -0.4 is 10.1 Å². The molecule has 8 heteroatoms. The Hall–Kier alpha value is -2.87. The van der Waals surface area contributed by atoms with Gasteiger partial charge in [-0.15, -0.1) is 0 Å². The van der Waals surface area contributed by atoms with Crippen LogP contribution >= 0.6 is 0 Å². The molecule has 1 atom stereocenters. The van der Waals surface area contributed by atoms with Gasteiger partial charge in [-0.25, -0.2) is 4.79 Å². The molecule has 0 saturated carbocycles. The molecule has 2 rings (SSSR count). The van der Waals surface area contributed by atoms with Crippen LogP contribution in [-0.2, 0) is 16.1 Å². The number of ether oxygens (including phenoxy) is 2. The van der Waals surface area contributed by atoms with Crippen LogP contribution in [0.25, 0.3) is 0 Å². The van der Waals surface area contributed by atoms with Crippen molar-refractivity contribution in [1.82, 2.24) is 10.5 Å². The predicted molar refractivity (Wildman–Crippen MR) is 78.1 cm³/mol. The smallest absolute Gasteiger partial charge is 0.330 e. The maximum absolute atomic E-state index is 12.1. The van der Waals surface area contributed by atoms with Gasteiger partial charge in [0.1, 0.15) is 12.4 Å². The summed E-state index contributed by atoms with van der Waals surface area (Å²) in [6.45, 7) is 0.168. The van der Waals surface area contributed by atoms with E-state index in [1.807, 2.05) is 0 Å². The average molecular weight is 320 g/mol. The van der Waals surface area contributed by atoms with Gasteiger partial charge in [0, 0.05) is 13.2 Å². The Morgan fingerprint density at radius 3 is 2.57 bits per heavy atom. The number of hydrogen-bond donors (Lipinski definition) is 2. The molecule has 0 radical (unpaired) electrons. The van der Waals surface area contributed by atoms with Crippen LogP contribution in [0.4, 0.5) is 0 Å². The van der Waals surface area contributed by atoms with Gasteiger partial charge in [0.25, 0.3) is 5.91 Å². The van der Waals surface area contributed by atoms with E-state index in [0.717, 1.165) is 0 Å². The van der Waals surface area contributed by atoms with Crippen molar-refractivity contribution in [3.63, 3.8) is 0 Å². The summed E-state index contributed by atoms with van der Waals surface area (Å²) >= 11 is 0. The maximum atomic E-state index is 12.1. The van der Waals surface area contributed by atoms with E-state index in [4.69, 9.17) is 14.0 Å². The molecular weight excluding hydrogens is 304 g/mol. The fraction of sp³-hybridized carbons (Fsp3) is 0.267. The minimum absolute atomic E-state index is 0.0168. The third-order valence-electron chi connectivity index (χ3n) is 3.05. The number of hydrogen-bond acceptors (Lipinski definition) is 6. The van der Waals surface area contributed by atoms with Crippen LogP contribution in [0.3, 0.4) is 0 Å². The molecule has 0 fully saturated rings. The zero-order valence-corrected chi connectivity index (χ0v) is 12.6. The molecule has 0 aliphatic heterocycles. The molecule has 23 heavy (non-hydrogen) atoms. The average Bonchev–Trinajstić information content (AvgIpc) is 3.01. The number of methoxy groups -OCH3 is 2. The number of rotatable bonds is 7. The van der Waals surface area contributed by atoms with Crippen LogP contribution in [0.1, 0.15) is 27.9 Å². The van der Waals surface area contributed by atoms with Crippen LogP contribution in [0.15, 0.2) is 34.9 Å². The summed E-state index contributed by atoms with van der Waals surface area (Å²) < 4.78 is 14.8. The summed E-state index contributed by atoms with van der Waals surface area (Å²) in [4.78, 5) is 23.5. The van der Waals surface area contributed by atoms with Gasteiger partial charge in [-0.3, -0.25) is 4.79 Å². The molecule has 1 aromatic heterocycles.